The predicted molar refractivity (Wildman–Crippen MR) is 82.8 cm³/mol. The van der Waals surface area contributed by atoms with Crippen LogP contribution < -0.4 is 5.32 Å². The standard InChI is InChI=1S/C15H19F3N2O4S/c1-8-6-25-10(19-8)14(23,15(16,17)18)5-9(21)20-13(4)7-12(2,3)24-11(13)22/h6,23H,5,7H2,1-4H3,(H,20,21). The number of halogens is 3. The minimum Gasteiger partial charge on any atom is -0.458 e. The van der Waals surface area contributed by atoms with Crippen LogP contribution in [0.3, 0.4) is 0 Å². The lowest BCUT2D eigenvalue weighted by atomic mass is 9.90. The van der Waals surface area contributed by atoms with E-state index < -0.39 is 46.2 Å². The van der Waals surface area contributed by atoms with Gasteiger partial charge in [0.05, 0.1) is 6.42 Å². The Morgan fingerprint density at radius 2 is 2.04 bits per heavy atom. The van der Waals surface area contributed by atoms with Gasteiger partial charge in [-0.1, -0.05) is 0 Å². The van der Waals surface area contributed by atoms with Crippen molar-refractivity contribution in [3.05, 3.63) is 16.1 Å². The number of carbonyl (C=O) groups excluding carboxylic acids is 2. The topological polar surface area (TPSA) is 88.5 Å². The van der Waals surface area contributed by atoms with Crippen LogP contribution in [0.1, 0.15) is 44.3 Å². The van der Waals surface area contributed by atoms with E-state index >= 15 is 0 Å². The van der Waals surface area contributed by atoms with Gasteiger partial charge in [0, 0.05) is 17.5 Å². The third-order valence-corrected chi connectivity index (χ3v) is 4.98. The first-order valence-electron chi connectivity index (χ1n) is 7.45. The normalized spacial score (nSPS) is 25.4. The van der Waals surface area contributed by atoms with E-state index in [0.717, 1.165) is 0 Å². The fourth-order valence-electron chi connectivity index (χ4n) is 2.84. The molecule has 1 fully saturated rings. The van der Waals surface area contributed by atoms with E-state index in [1.165, 1.54) is 19.2 Å². The molecule has 0 bridgehead atoms. The molecule has 1 amide bonds. The highest BCUT2D eigenvalue weighted by Crippen LogP contribution is 2.43. The number of carbonyl (C=O) groups is 2. The SMILES string of the molecule is Cc1csc(C(O)(CC(=O)NC2(C)CC(C)(C)OC2=O)C(F)(F)F)n1. The maximum absolute atomic E-state index is 13.4. The molecule has 0 saturated carbocycles. The van der Waals surface area contributed by atoms with Gasteiger partial charge in [0.15, 0.2) is 0 Å². The van der Waals surface area contributed by atoms with Crippen molar-refractivity contribution in [3.63, 3.8) is 0 Å². The number of esters is 1. The molecule has 2 heterocycles. The zero-order valence-corrected chi connectivity index (χ0v) is 15.0. The Kier molecular flexibility index (Phi) is 4.67. The molecular weight excluding hydrogens is 361 g/mol. The van der Waals surface area contributed by atoms with Crippen molar-refractivity contribution in [1.82, 2.24) is 10.3 Å². The highest BCUT2D eigenvalue weighted by Gasteiger charge is 2.59. The second kappa shape index (κ2) is 5.94. The summed E-state index contributed by atoms with van der Waals surface area (Å²) in [4.78, 5) is 27.8. The van der Waals surface area contributed by atoms with Gasteiger partial charge < -0.3 is 15.2 Å². The summed E-state index contributed by atoms with van der Waals surface area (Å²) in [6.45, 7) is 6.12. The first-order chi connectivity index (χ1) is 11.2. The van der Waals surface area contributed by atoms with E-state index in [-0.39, 0.29) is 6.42 Å². The molecule has 25 heavy (non-hydrogen) atoms. The average molecular weight is 380 g/mol. The molecule has 1 saturated heterocycles. The number of rotatable bonds is 4. The predicted octanol–water partition coefficient (Wildman–Crippen LogP) is 2.19. The smallest absolute Gasteiger partial charge is 0.424 e. The van der Waals surface area contributed by atoms with Crippen molar-refractivity contribution in [3.8, 4) is 0 Å². The summed E-state index contributed by atoms with van der Waals surface area (Å²) in [6.07, 6.45) is -6.30. The third-order valence-electron chi connectivity index (χ3n) is 3.87. The number of hydrogen-bond donors (Lipinski definition) is 2. The van der Waals surface area contributed by atoms with E-state index in [2.05, 4.69) is 10.3 Å². The van der Waals surface area contributed by atoms with Crippen LogP contribution in [0, 0.1) is 6.92 Å². The highest BCUT2D eigenvalue weighted by atomic mass is 32.1. The molecule has 1 aliphatic heterocycles. The second-order valence-corrected chi connectivity index (χ2v) is 7.89. The Balaban J connectivity index is 2.23. The Hall–Kier alpha value is -1.68. The monoisotopic (exact) mass is 380 g/mol. The molecule has 2 N–H and O–H groups in total. The van der Waals surface area contributed by atoms with Gasteiger partial charge in [-0.2, -0.15) is 13.2 Å². The van der Waals surface area contributed by atoms with Gasteiger partial charge in [-0.05, 0) is 27.7 Å². The lowest BCUT2D eigenvalue weighted by molar-refractivity contribution is -0.267. The van der Waals surface area contributed by atoms with Gasteiger partial charge in [0.25, 0.3) is 0 Å². The molecular formula is C15H19F3N2O4S. The third kappa shape index (κ3) is 3.79. The minimum atomic E-state index is -5.11. The molecule has 0 spiro atoms. The summed E-state index contributed by atoms with van der Waals surface area (Å²) in [5.41, 5.74) is -5.42. The van der Waals surface area contributed by atoms with Crippen LogP contribution in [0.4, 0.5) is 13.2 Å². The molecule has 0 radical (unpaired) electrons. The minimum absolute atomic E-state index is 0.103. The fourth-order valence-corrected chi connectivity index (χ4v) is 3.76. The van der Waals surface area contributed by atoms with E-state index in [4.69, 9.17) is 4.74 Å². The summed E-state index contributed by atoms with van der Waals surface area (Å²) in [5.74, 6) is -1.85. The summed E-state index contributed by atoms with van der Waals surface area (Å²) < 4.78 is 45.3. The first-order valence-corrected chi connectivity index (χ1v) is 8.33. The quantitative estimate of drug-likeness (QED) is 0.782. The number of aromatic nitrogens is 1. The van der Waals surface area contributed by atoms with Crippen LogP contribution >= 0.6 is 11.3 Å². The number of nitrogens with zero attached hydrogens (tertiary/aromatic N) is 1. The van der Waals surface area contributed by atoms with Crippen LogP contribution in [0.5, 0.6) is 0 Å². The van der Waals surface area contributed by atoms with Gasteiger partial charge in [-0.3, -0.25) is 4.79 Å². The molecule has 1 aliphatic rings. The Bertz CT molecular complexity index is 703. The van der Waals surface area contributed by atoms with E-state index in [1.54, 1.807) is 13.8 Å². The molecule has 1 aromatic heterocycles. The van der Waals surface area contributed by atoms with Crippen molar-refractivity contribution in [1.29, 1.82) is 0 Å². The van der Waals surface area contributed by atoms with Gasteiger partial charge in [-0.15, -0.1) is 11.3 Å². The number of ether oxygens (including phenoxy) is 1. The number of cyclic esters (lactones) is 1. The summed E-state index contributed by atoms with van der Waals surface area (Å²) in [5, 5.41) is 13.2. The average Bonchev–Trinajstić information content (AvgIpc) is 2.89. The molecule has 2 rings (SSSR count). The number of thiazole rings is 1. The van der Waals surface area contributed by atoms with Crippen LogP contribution in [0.25, 0.3) is 0 Å². The molecule has 10 heteroatoms. The van der Waals surface area contributed by atoms with Crippen LogP contribution in [0.15, 0.2) is 5.38 Å². The molecule has 6 nitrogen and oxygen atoms in total. The Morgan fingerprint density at radius 3 is 2.44 bits per heavy atom. The summed E-state index contributed by atoms with van der Waals surface area (Å²) in [7, 11) is 0. The lowest BCUT2D eigenvalue weighted by Gasteiger charge is -2.30. The lowest BCUT2D eigenvalue weighted by Crippen LogP contribution is -2.53. The summed E-state index contributed by atoms with van der Waals surface area (Å²) >= 11 is 0.615. The molecule has 2 unspecified atom stereocenters. The van der Waals surface area contributed by atoms with Crippen molar-refractivity contribution in [2.45, 2.75) is 63.5 Å². The van der Waals surface area contributed by atoms with Crippen molar-refractivity contribution >= 4 is 23.2 Å². The number of aryl methyl sites for hydroxylation is 1. The van der Waals surface area contributed by atoms with Gasteiger partial charge >= 0.3 is 12.1 Å². The molecule has 2 atom stereocenters. The molecule has 0 aliphatic carbocycles. The van der Waals surface area contributed by atoms with Crippen molar-refractivity contribution in [2.75, 3.05) is 0 Å². The van der Waals surface area contributed by atoms with Gasteiger partial charge in [0.1, 0.15) is 16.1 Å². The first kappa shape index (κ1) is 19.6. The van der Waals surface area contributed by atoms with E-state index in [0.29, 0.717) is 17.0 Å². The fraction of sp³-hybridized carbons (Fsp3) is 0.667. The van der Waals surface area contributed by atoms with Crippen LogP contribution in [-0.4, -0.2) is 39.3 Å². The molecule has 1 aromatic rings. The number of nitrogens with one attached hydrogen (secondary N) is 1. The maximum atomic E-state index is 13.4. The van der Waals surface area contributed by atoms with Gasteiger partial charge in [-0.25, -0.2) is 9.78 Å². The van der Waals surface area contributed by atoms with E-state index in [1.807, 2.05) is 0 Å². The number of aliphatic hydroxyl groups is 1. The number of hydrogen-bond acceptors (Lipinski definition) is 6. The van der Waals surface area contributed by atoms with Crippen LogP contribution in [0.2, 0.25) is 0 Å². The number of alkyl halides is 3. The largest absolute Gasteiger partial charge is 0.458 e. The molecule has 140 valence electrons. The van der Waals surface area contributed by atoms with Crippen molar-refractivity contribution in [2.24, 2.45) is 0 Å². The zero-order chi connectivity index (χ0) is 19.3. The van der Waals surface area contributed by atoms with Crippen molar-refractivity contribution < 1.29 is 32.6 Å². The maximum Gasteiger partial charge on any atom is 0.424 e. The number of amides is 1. The highest BCUT2D eigenvalue weighted by molar-refractivity contribution is 7.09. The van der Waals surface area contributed by atoms with E-state index in [9.17, 15) is 27.9 Å². The second-order valence-electron chi connectivity index (χ2n) is 7.04. The zero-order valence-electron chi connectivity index (χ0n) is 14.2. The molecule has 0 aromatic carbocycles. The Labute approximate surface area is 146 Å². The summed E-state index contributed by atoms with van der Waals surface area (Å²) in [6, 6.07) is 0. The Morgan fingerprint density at radius 1 is 1.44 bits per heavy atom. The van der Waals surface area contributed by atoms with Crippen LogP contribution in [-0.2, 0) is 19.9 Å². The van der Waals surface area contributed by atoms with Gasteiger partial charge in [0.2, 0.25) is 11.5 Å².